The molecule has 5 nitrogen and oxygen atoms in total. The second-order valence-corrected chi connectivity index (χ2v) is 11.4. The van der Waals surface area contributed by atoms with Crippen LogP contribution in [0.4, 0.5) is 5.69 Å². The Morgan fingerprint density at radius 1 is 1.09 bits per heavy atom. The maximum atomic E-state index is 13.5. The van der Waals surface area contributed by atoms with Crippen molar-refractivity contribution in [1.82, 2.24) is 9.47 Å². The Kier molecular flexibility index (Phi) is 7.00. The summed E-state index contributed by atoms with van der Waals surface area (Å²) in [4.78, 5) is 28.0. The van der Waals surface area contributed by atoms with E-state index in [2.05, 4.69) is 10.2 Å². The Labute approximate surface area is 219 Å². The van der Waals surface area contributed by atoms with Crippen LogP contribution < -0.4 is 10.9 Å². The predicted octanol–water partition coefficient (Wildman–Crippen LogP) is 5.63. The van der Waals surface area contributed by atoms with Gasteiger partial charge in [-0.15, -0.1) is 0 Å². The van der Waals surface area contributed by atoms with Crippen LogP contribution in [0.25, 0.3) is 0 Å². The van der Waals surface area contributed by atoms with Crippen molar-refractivity contribution >= 4 is 51.5 Å². The molecule has 0 aliphatic carbocycles. The van der Waals surface area contributed by atoms with E-state index in [1.807, 2.05) is 72.2 Å². The van der Waals surface area contributed by atoms with Crippen LogP contribution in [0.5, 0.6) is 0 Å². The van der Waals surface area contributed by atoms with Crippen molar-refractivity contribution in [3.63, 3.8) is 0 Å². The molecule has 3 aromatic rings. The number of aromatic nitrogens is 1. The summed E-state index contributed by atoms with van der Waals surface area (Å²) in [6, 6.07) is 20.8. The molecular weight excluding hydrogens is 498 g/mol. The van der Waals surface area contributed by atoms with E-state index in [9.17, 15) is 9.59 Å². The third kappa shape index (κ3) is 5.17. The second-order valence-electron chi connectivity index (χ2n) is 9.25. The molecule has 2 aliphatic heterocycles. The molecule has 35 heavy (non-hydrogen) atoms. The fraction of sp³-hybridized carbons (Fsp3) is 0.296. The zero-order chi connectivity index (χ0) is 24.5. The van der Waals surface area contributed by atoms with Crippen LogP contribution in [0.1, 0.15) is 34.4 Å². The number of pyridine rings is 1. The highest BCUT2D eigenvalue weighted by molar-refractivity contribution is 8.23. The fourth-order valence-corrected chi connectivity index (χ4v) is 6.72. The molecule has 3 unspecified atom stereocenters. The standard InChI is InChI=1S/C27H26ClN3O2S2/c1-17-10-11-22(21(28)12-17)29-26(33)25(19-6-3-2-4-7-19)35-27(34)30-14-18-13-20(16-30)23-8-5-9-24(32)31(23)15-18/h2-12,18,20,25H,13-16H2,1H3,(H,29,33). The normalized spacial score (nSPS) is 19.5. The highest BCUT2D eigenvalue weighted by Crippen LogP contribution is 2.39. The smallest absolute Gasteiger partial charge is 0.250 e. The van der Waals surface area contributed by atoms with Gasteiger partial charge in [0.1, 0.15) is 9.57 Å². The van der Waals surface area contributed by atoms with Crippen molar-refractivity contribution in [3.8, 4) is 0 Å². The van der Waals surface area contributed by atoms with Gasteiger partial charge in [0.2, 0.25) is 5.91 Å². The average Bonchev–Trinajstić information content (AvgIpc) is 2.85. The number of carbonyl (C=O) groups excluding carboxylic acids is 1. The number of fused-ring (bicyclic) bond motifs is 4. The fourth-order valence-electron chi connectivity index (χ4n) is 5.04. The molecule has 2 aromatic carbocycles. The van der Waals surface area contributed by atoms with Crippen molar-refractivity contribution in [1.29, 1.82) is 0 Å². The van der Waals surface area contributed by atoms with Gasteiger partial charge in [0.25, 0.3) is 5.56 Å². The Balaban J connectivity index is 1.36. The SMILES string of the molecule is Cc1ccc(NC(=O)C(SC(=S)N2CC3CC(C2)c2cccc(=O)n2C3)c2ccccc2)c(Cl)c1. The number of hydrogen-bond acceptors (Lipinski definition) is 4. The molecule has 180 valence electrons. The Hall–Kier alpha value is -2.61. The van der Waals surface area contributed by atoms with Gasteiger partial charge in [-0.05, 0) is 48.6 Å². The average molecular weight is 524 g/mol. The van der Waals surface area contributed by atoms with E-state index in [-0.39, 0.29) is 17.4 Å². The summed E-state index contributed by atoms with van der Waals surface area (Å²) in [5.74, 6) is 0.448. The highest BCUT2D eigenvalue weighted by Gasteiger charge is 2.36. The van der Waals surface area contributed by atoms with Crippen LogP contribution in [-0.2, 0) is 11.3 Å². The van der Waals surface area contributed by atoms with Gasteiger partial charge in [0.15, 0.2) is 0 Å². The van der Waals surface area contributed by atoms with Crippen LogP contribution in [0.3, 0.4) is 0 Å². The van der Waals surface area contributed by atoms with Gasteiger partial charge in [-0.1, -0.05) is 78.0 Å². The first-order valence-corrected chi connectivity index (χ1v) is 13.3. The third-order valence-electron chi connectivity index (χ3n) is 6.68. The zero-order valence-electron chi connectivity index (χ0n) is 19.3. The summed E-state index contributed by atoms with van der Waals surface area (Å²) >= 11 is 13.7. The number of thioether (sulfide) groups is 1. The minimum Gasteiger partial charge on any atom is -0.356 e. The monoisotopic (exact) mass is 523 g/mol. The third-order valence-corrected chi connectivity index (χ3v) is 8.72. The first-order valence-electron chi connectivity index (χ1n) is 11.7. The number of thiocarbonyl (C=S) groups is 1. The van der Waals surface area contributed by atoms with Gasteiger partial charge in [-0.3, -0.25) is 9.59 Å². The van der Waals surface area contributed by atoms with Gasteiger partial charge in [-0.25, -0.2) is 0 Å². The van der Waals surface area contributed by atoms with Crippen molar-refractivity contribution in [2.45, 2.75) is 31.1 Å². The molecular formula is C27H26ClN3O2S2. The summed E-state index contributed by atoms with van der Waals surface area (Å²) in [5.41, 5.74) is 3.65. The number of nitrogens with zero attached hydrogens (tertiary/aromatic N) is 2. The van der Waals surface area contributed by atoms with E-state index in [4.69, 9.17) is 23.8 Å². The number of anilines is 1. The molecule has 1 amide bonds. The number of rotatable bonds is 4. The first kappa shape index (κ1) is 24.1. The van der Waals surface area contributed by atoms with Crippen molar-refractivity contribution < 1.29 is 4.79 Å². The minimum absolute atomic E-state index is 0.0678. The molecule has 0 radical (unpaired) electrons. The lowest BCUT2D eigenvalue weighted by molar-refractivity contribution is -0.115. The number of likely N-dealkylation sites (tertiary alicyclic amines) is 1. The number of hydrogen-bond donors (Lipinski definition) is 1. The molecule has 1 fully saturated rings. The van der Waals surface area contributed by atoms with E-state index in [0.717, 1.165) is 36.3 Å². The summed E-state index contributed by atoms with van der Waals surface area (Å²) in [5, 5.41) is 2.99. The lowest BCUT2D eigenvalue weighted by atomic mass is 9.83. The molecule has 2 aliphatic rings. The molecule has 5 rings (SSSR count). The zero-order valence-corrected chi connectivity index (χ0v) is 21.7. The maximum Gasteiger partial charge on any atom is 0.250 e. The van der Waals surface area contributed by atoms with Gasteiger partial charge in [0, 0.05) is 37.3 Å². The van der Waals surface area contributed by atoms with E-state index < -0.39 is 5.25 Å². The summed E-state index contributed by atoms with van der Waals surface area (Å²) in [7, 11) is 0. The molecule has 8 heteroatoms. The summed E-state index contributed by atoms with van der Waals surface area (Å²) < 4.78 is 2.61. The van der Waals surface area contributed by atoms with Crippen molar-refractivity contribution in [2.24, 2.45) is 5.92 Å². The number of nitrogens with one attached hydrogen (secondary N) is 1. The topological polar surface area (TPSA) is 54.3 Å². The number of piperidine rings is 1. The lowest BCUT2D eigenvalue weighted by Crippen LogP contribution is -2.48. The number of aryl methyl sites for hydroxylation is 1. The van der Waals surface area contributed by atoms with Gasteiger partial charge >= 0.3 is 0 Å². The summed E-state index contributed by atoms with van der Waals surface area (Å²) in [6.45, 7) is 4.21. The Morgan fingerprint density at radius 3 is 2.66 bits per heavy atom. The van der Waals surface area contributed by atoms with E-state index in [1.165, 1.54) is 11.8 Å². The van der Waals surface area contributed by atoms with Gasteiger partial charge in [-0.2, -0.15) is 0 Å². The van der Waals surface area contributed by atoms with Crippen LogP contribution in [0.15, 0.2) is 71.5 Å². The van der Waals surface area contributed by atoms with E-state index in [1.54, 1.807) is 6.07 Å². The number of carbonyl (C=O) groups is 1. The molecule has 1 N–H and O–H groups in total. The predicted molar refractivity (Wildman–Crippen MR) is 147 cm³/mol. The van der Waals surface area contributed by atoms with E-state index in [0.29, 0.717) is 27.5 Å². The number of halogens is 1. The number of amides is 1. The largest absolute Gasteiger partial charge is 0.356 e. The molecule has 3 heterocycles. The first-order chi connectivity index (χ1) is 16.9. The number of benzene rings is 2. The minimum atomic E-state index is -0.516. The molecule has 1 saturated heterocycles. The van der Waals surface area contributed by atoms with Crippen LogP contribution in [0, 0.1) is 12.8 Å². The Morgan fingerprint density at radius 2 is 1.89 bits per heavy atom. The second kappa shape index (κ2) is 10.2. The quantitative estimate of drug-likeness (QED) is 0.449. The lowest BCUT2D eigenvalue weighted by Gasteiger charge is -2.43. The van der Waals surface area contributed by atoms with Gasteiger partial charge < -0.3 is 14.8 Å². The molecule has 2 bridgehead atoms. The maximum absolute atomic E-state index is 13.5. The molecule has 0 saturated carbocycles. The highest BCUT2D eigenvalue weighted by atomic mass is 35.5. The summed E-state index contributed by atoms with van der Waals surface area (Å²) in [6.07, 6.45) is 1.06. The van der Waals surface area contributed by atoms with Crippen molar-refractivity contribution in [3.05, 3.63) is 98.9 Å². The van der Waals surface area contributed by atoms with Crippen LogP contribution in [0.2, 0.25) is 5.02 Å². The Bertz CT molecular complexity index is 1330. The van der Waals surface area contributed by atoms with Crippen molar-refractivity contribution in [2.75, 3.05) is 18.4 Å². The van der Waals surface area contributed by atoms with Gasteiger partial charge in [0.05, 0.1) is 10.7 Å². The van der Waals surface area contributed by atoms with Crippen LogP contribution in [-0.4, -0.2) is 32.8 Å². The van der Waals surface area contributed by atoms with Crippen LogP contribution >= 0.6 is 35.6 Å². The van der Waals surface area contributed by atoms with E-state index >= 15 is 0 Å². The molecule has 1 aromatic heterocycles. The molecule has 0 spiro atoms. The molecule has 3 atom stereocenters.